The van der Waals surface area contributed by atoms with Crippen LogP contribution in [0.15, 0.2) is 29.2 Å². The first kappa shape index (κ1) is 24.4. The van der Waals surface area contributed by atoms with Gasteiger partial charge in [0.1, 0.15) is 0 Å². The third-order valence-corrected chi connectivity index (χ3v) is 6.53. The normalized spacial score (nSPS) is 21.4. The largest absolute Gasteiger partial charge is 0.481 e. The van der Waals surface area contributed by atoms with Crippen LogP contribution in [0.25, 0.3) is 0 Å². The number of carboxylic acid groups (broad SMARTS) is 1. The van der Waals surface area contributed by atoms with E-state index in [2.05, 4.69) is 0 Å². The molecule has 0 saturated heterocycles. The van der Waals surface area contributed by atoms with E-state index in [-0.39, 0.29) is 19.4 Å². The molecular formula is C18H19F3N2O5S. The Hall–Kier alpha value is -2.63. The highest BCUT2D eigenvalue weighted by atomic mass is 32.2. The predicted molar refractivity (Wildman–Crippen MR) is 94.0 cm³/mol. The van der Waals surface area contributed by atoms with Crippen LogP contribution >= 0.6 is 0 Å². The second-order valence-electron chi connectivity index (χ2n) is 6.21. The number of sulfone groups is 1. The molecule has 7 nitrogen and oxygen atoms in total. The zero-order chi connectivity index (χ0) is 22.2. The predicted octanol–water partition coefficient (Wildman–Crippen LogP) is 3.17. The molecule has 11 heteroatoms. The molecule has 0 radical (unpaired) electrons. The van der Waals surface area contributed by atoms with Crippen molar-refractivity contribution in [3.8, 4) is 12.1 Å². The summed E-state index contributed by atoms with van der Waals surface area (Å²) < 4.78 is 70.3. The third-order valence-electron chi connectivity index (χ3n) is 4.30. The average molecular weight is 432 g/mol. The van der Waals surface area contributed by atoms with Gasteiger partial charge in [0, 0.05) is 6.61 Å². The van der Waals surface area contributed by atoms with Gasteiger partial charge in [-0.1, -0.05) is 19.1 Å². The lowest BCUT2D eigenvalue weighted by atomic mass is 10.1. The van der Waals surface area contributed by atoms with Gasteiger partial charge in [-0.3, -0.25) is 4.79 Å². The Balaban J connectivity index is 0.000000960. The summed E-state index contributed by atoms with van der Waals surface area (Å²) in [4.78, 5) is 10.5. The average Bonchev–Trinajstić information content (AvgIpc) is 3.11. The molecule has 1 fully saturated rings. The zero-order valence-corrected chi connectivity index (χ0v) is 16.2. The first-order valence-corrected chi connectivity index (χ1v) is 10.1. The monoisotopic (exact) mass is 432 g/mol. The number of halogens is 3. The lowest BCUT2D eigenvalue weighted by molar-refractivity contribution is -0.146. The molecule has 0 aromatic heterocycles. The molecule has 0 spiro atoms. The summed E-state index contributed by atoms with van der Waals surface area (Å²) in [6.45, 7) is 2.08. The van der Waals surface area contributed by atoms with E-state index < -0.39 is 49.7 Å². The number of hydrogen-bond donors (Lipinski definition) is 1. The van der Waals surface area contributed by atoms with Crippen molar-refractivity contribution in [2.24, 2.45) is 5.92 Å². The van der Waals surface area contributed by atoms with Crippen molar-refractivity contribution in [3.05, 3.63) is 29.8 Å². The first-order valence-electron chi connectivity index (χ1n) is 8.53. The van der Waals surface area contributed by atoms with Gasteiger partial charge in [-0.05, 0) is 31.4 Å². The highest BCUT2D eigenvalue weighted by molar-refractivity contribution is 7.92. The molecule has 2 rings (SSSR count). The Labute approximate surface area is 166 Å². The number of nitriles is 2. The van der Waals surface area contributed by atoms with Crippen LogP contribution in [0.3, 0.4) is 0 Å². The van der Waals surface area contributed by atoms with Gasteiger partial charge < -0.3 is 9.84 Å². The topological polar surface area (TPSA) is 128 Å². The molecule has 1 aliphatic rings. The molecule has 29 heavy (non-hydrogen) atoms. The molecule has 1 aromatic carbocycles. The number of alkyl halides is 3. The van der Waals surface area contributed by atoms with Crippen LogP contribution in [-0.2, 0) is 25.5 Å². The fourth-order valence-corrected chi connectivity index (χ4v) is 5.07. The van der Waals surface area contributed by atoms with E-state index >= 15 is 0 Å². The van der Waals surface area contributed by atoms with Gasteiger partial charge in [0.05, 0.1) is 27.7 Å². The summed E-state index contributed by atoms with van der Waals surface area (Å²) in [6.07, 6.45) is -5.41. The minimum atomic E-state index is -4.81. The van der Waals surface area contributed by atoms with Crippen LogP contribution in [0.4, 0.5) is 13.2 Å². The fraction of sp³-hybridized carbons (Fsp3) is 0.500. The third kappa shape index (κ3) is 6.17. The van der Waals surface area contributed by atoms with E-state index in [0.29, 0.717) is 12.5 Å². The highest BCUT2D eigenvalue weighted by Crippen LogP contribution is 2.40. The number of aliphatic carboxylic acids is 1. The Kier molecular flexibility index (Phi) is 8.61. The van der Waals surface area contributed by atoms with Crippen LogP contribution in [0, 0.1) is 28.6 Å². The molecule has 1 aliphatic carbocycles. The SMILES string of the molecule is CCCO[C@@H]1C[C@H](S(=O)(=O)c2ccccc2C(F)(F)F)C[C@H]1C(=O)O.N#CC#N. The molecule has 0 bridgehead atoms. The van der Waals surface area contributed by atoms with Gasteiger partial charge in [-0.2, -0.15) is 23.7 Å². The zero-order valence-electron chi connectivity index (χ0n) is 15.4. The second-order valence-corrected chi connectivity index (χ2v) is 8.41. The molecule has 0 amide bonds. The van der Waals surface area contributed by atoms with E-state index in [1.54, 1.807) is 0 Å². The minimum Gasteiger partial charge on any atom is -0.481 e. The maximum atomic E-state index is 13.1. The summed E-state index contributed by atoms with van der Waals surface area (Å²) in [5.41, 5.74) is -1.24. The summed E-state index contributed by atoms with van der Waals surface area (Å²) >= 11 is 0. The lowest BCUT2D eigenvalue weighted by Gasteiger charge is -2.17. The van der Waals surface area contributed by atoms with Crippen molar-refractivity contribution in [3.63, 3.8) is 0 Å². The molecule has 1 N–H and O–H groups in total. The van der Waals surface area contributed by atoms with Crippen molar-refractivity contribution in [1.29, 1.82) is 10.5 Å². The fourth-order valence-electron chi connectivity index (χ4n) is 3.05. The van der Waals surface area contributed by atoms with Crippen molar-refractivity contribution >= 4 is 15.8 Å². The van der Waals surface area contributed by atoms with Gasteiger partial charge in [0.15, 0.2) is 22.0 Å². The van der Waals surface area contributed by atoms with Gasteiger partial charge in [-0.25, -0.2) is 8.42 Å². The summed E-state index contributed by atoms with van der Waals surface area (Å²) in [5, 5.41) is 22.6. The Bertz CT molecular complexity index is 891. The van der Waals surface area contributed by atoms with Crippen LogP contribution in [-0.4, -0.2) is 37.5 Å². The Morgan fingerprint density at radius 3 is 2.31 bits per heavy atom. The molecule has 1 saturated carbocycles. The summed E-state index contributed by atoms with van der Waals surface area (Å²) in [6, 6.07) is 6.43. The van der Waals surface area contributed by atoms with Crippen LogP contribution in [0.2, 0.25) is 0 Å². The first-order chi connectivity index (χ1) is 13.5. The van der Waals surface area contributed by atoms with Crippen molar-refractivity contribution in [2.75, 3.05) is 6.61 Å². The van der Waals surface area contributed by atoms with E-state index in [4.69, 9.17) is 15.3 Å². The highest BCUT2D eigenvalue weighted by Gasteiger charge is 2.47. The molecular weight excluding hydrogens is 413 g/mol. The van der Waals surface area contributed by atoms with Crippen molar-refractivity contribution < 1.29 is 36.2 Å². The minimum absolute atomic E-state index is 0.133. The van der Waals surface area contributed by atoms with Crippen LogP contribution < -0.4 is 0 Å². The standard InChI is InChI=1S/C16H19F3O5S.C2N2/c1-2-7-24-13-9-10(8-11(13)15(20)21)25(22,23)14-6-4-3-5-12(14)16(17,18)19;3-1-2-4/h3-6,10-11,13H,2,7-9H2,1H3,(H,20,21);/t10-,11-,13-;/m1./s1. The maximum Gasteiger partial charge on any atom is 0.417 e. The molecule has 0 aliphatic heterocycles. The van der Waals surface area contributed by atoms with Crippen molar-refractivity contribution in [2.45, 2.75) is 48.6 Å². The van der Waals surface area contributed by atoms with E-state index in [0.717, 1.165) is 12.1 Å². The maximum absolute atomic E-state index is 13.1. The lowest BCUT2D eigenvalue weighted by Crippen LogP contribution is -2.25. The van der Waals surface area contributed by atoms with Gasteiger partial charge in [-0.15, -0.1) is 0 Å². The van der Waals surface area contributed by atoms with Gasteiger partial charge >= 0.3 is 12.1 Å². The number of carbonyl (C=O) groups is 1. The molecule has 3 atom stereocenters. The van der Waals surface area contributed by atoms with Crippen LogP contribution in [0.5, 0.6) is 0 Å². The molecule has 1 aromatic rings. The number of rotatable bonds is 6. The second kappa shape index (κ2) is 10.2. The van der Waals surface area contributed by atoms with Crippen LogP contribution in [0.1, 0.15) is 31.7 Å². The number of ether oxygens (including phenoxy) is 1. The summed E-state index contributed by atoms with van der Waals surface area (Å²) in [5.74, 6) is -2.26. The number of carboxylic acids is 1. The quantitative estimate of drug-likeness (QED) is 0.731. The Morgan fingerprint density at radius 1 is 1.24 bits per heavy atom. The Morgan fingerprint density at radius 2 is 1.83 bits per heavy atom. The van der Waals surface area contributed by atoms with E-state index in [1.807, 2.05) is 6.92 Å². The van der Waals surface area contributed by atoms with E-state index in [1.165, 1.54) is 18.2 Å². The van der Waals surface area contributed by atoms with E-state index in [9.17, 15) is 31.5 Å². The van der Waals surface area contributed by atoms with Gasteiger partial charge in [0.2, 0.25) is 0 Å². The smallest absolute Gasteiger partial charge is 0.417 e. The number of hydrogen-bond acceptors (Lipinski definition) is 6. The van der Waals surface area contributed by atoms with Gasteiger partial charge in [0.25, 0.3) is 0 Å². The molecule has 158 valence electrons. The number of benzene rings is 1. The van der Waals surface area contributed by atoms with Crippen molar-refractivity contribution in [1.82, 2.24) is 0 Å². The number of nitrogens with zero attached hydrogens (tertiary/aromatic N) is 2. The summed E-state index contributed by atoms with van der Waals surface area (Å²) in [7, 11) is -4.34. The molecule has 0 unspecified atom stereocenters. The molecule has 0 heterocycles.